The molecule has 1 aliphatic heterocycles. The van der Waals surface area contributed by atoms with Crippen molar-refractivity contribution < 1.29 is 17.6 Å². The summed E-state index contributed by atoms with van der Waals surface area (Å²) in [5, 5.41) is 2.97. The highest BCUT2D eigenvalue weighted by molar-refractivity contribution is 7.89. The van der Waals surface area contributed by atoms with Gasteiger partial charge in [-0.2, -0.15) is 4.31 Å². The van der Waals surface area contributed by atoms with Crippen LogP contribution < -0.4 is 5.32 Å². The second-order valence-corrected chi connectivity index (χ2v) is 9.15. The van der Waals surface area contributed by atoms with Crippen LogP contribution in [0.4, 0.5) is 0 Å². The van der Waals surface area contributed by atoms with Crippen LogP contribution in [0.15, 0.2) is 45.7 Å². The summed E-state index contributed by atoms with van der Waals surface area (Å²) in [6, 6.07) is 10.9. The van der Waals surface area contributed by atoms with Crippen molar-refractivity contribution in [1.82, 2.24) is 9.62 Å². The molecule has 1 N–H and O–H groups in total. The first kappa shape index (κ1) is 19.6. The minimum atomic E-state index is -3.62. The first-order valence-corrected chi connectivity index (χ1v) is 10.7. The summed E-state index contributed by atoms with van der Waals surface area (Å²) >= 11 is 0. The lowest BCUT2D eigenvalue weighted by atomic mass is 9.96. The number of aryl methyl sites for hydroxylation is 1. The number of amides is 1. The van der Waals surface area contributed by atoms with E-state index in [9.17, 15) is 13.2 Å². The average molecular weight is 391 g/mol. The fourth-order valence-electron chi connectivity index (χ4n) is 3.41. The van der Waals surface area contributed by atoms with Crippen LogP contribution in [0.5, 0.6) is 0 Å². The van der Waals surface area contributed by atoms with Gasteiger partial charge in [0.1, 0.15) is 10.7 Å². The molecule has 0 bridgehead atoms. The highest BCUT2D eigenvalue weighted by atomic mass is 32.2. The van der Waals surface area contributed by atoms with Crippen LogP contribution in [-0.2, 0) is 10.0 Å². The highest BCUT2D eigenvalue weighted by Gasteiger charge is 2.32. The summed E-state index contributed by atoms with van der Waals surface area (Å²) in [6.07, 6.45) is 1.72. The molecule has 7 heteroatoms. The fourth-order valence-corrected chi connectivity index (χ4v) is 5.09. The molecule has 1 atom stereocenters. The summed E-state index contributed by atoms with van der Waals surface area (Å²) in [4.78, 5) is 12.8. The van der Waals surface area contributed by atoms with E-state index in [1.807, 2.05) is 44.2 Å². The Morgan fingerprint density at radius 1 is 1.15 bits per heavy atom. The number of sulfonamides is 1. The number of hydrogen-bond donors (Lipinski definition) is 1. The Morgan fingerprint density at radius 2 is 1.78 bits per heavy atom. The van der Waals surface area contributed by atoms with E-state index >= 15 is 0 Å². The maximum atomic E-state index is 12.8. The standard InChI is InChI=1S/C20H26N2O4S/c1-14(2)19(16-9-5-4-6-10-16)21-20(23)17-13-18(15(3)26-17)27(24,25)22-11-7-8-12-22/h4-6,9-10,13-14,19H,7-8,11-12H2,1-3H3,(H,21,23)/t19-/m1/s1. The maximum absolute atomic E-state index is 12.8. The van der Waals surface area contributed by atoms with Gasteiger partial charge in [0.05, 0.1) is 6.04 Å². The zero-order chi connectivity index (χ0) is 19.6. The molecule has 1 saturated heterocycles. The fraction of sp³-hybridized carbons (Fsp3) is 0.450. The molecule has 3 rings (SSSR count). The molecule has 2 aromatic rings. The van der Waals surface area contributed by atoms with E-state index < -0.39 is 15.9 Å². The molecular weight excluding hydrogens is 364 g/mol. The molecule has 0 saturated carbocycles. The van der Waals surface area contributed by atoms with Crippen molar-refractivity contribution in [2.75, 3.05) is 13.1 Å². The highest BCUT2D eigenvalue weighted by Crippen LogP contribution is 2.27. The SMILES string of the molecule is Cc1oc(C(=O)N[C@@H](c2ccccc2)C(C)C)cc1S(=O)(=O)N1CCCC1. The monoisotopic (exact) mass is 390 g/mol. The number of furan rings is 1. The Labute approximate surface area is 160 Å². The van der Waals surface area contributed by atoms with Crippen molar-refractivity contribution in [3.8, 4) is 0 Å². The molecule has 0 spiro atoms. The zero-order valence-electron chi connectivity index (χ0n) is 15.9. The van der Waals surface area contributed by atoms with Gasteiger partial charge in [0, 0.05) is 19.2 Å². The molecule has 1 aromatic heterocycles. The molecule has 1 fully saturated rings. The van der Waals surface area contributed by atoms with Crippen LogP contribution >= 0.6 is 0 Å². The molecule has 0 aliphatic carbocycles. The van der Waals surface area contributed by atoms with Gasteiger partial charge in [-0.15, -0.1) is 0 Å². The third kappa shape index (κ3) is 4.09. The van der Waals surface area contributed by atoms with Crippen LogP contribution in [0.25, 0.3) is 0 Å². The zero-order valence-corrected chi connectivity index (χ0v) is 16.8. The first-order valence-electron chi connectivity index (χ1n) is 9.27. The van der Waals surface area contributed by atoms with Gasteiger partial charge in [0.25, 0.3) is 5.91 Å². The smallest absolute Gasteiger partial charge is 0.287 e. The molecule has 1 aromatic carbocycles. The molecule has 1 amide bonds. The Kier molecular flexibility index (Phi) is 5.72. The Morgan fingerprint density at radius 3 is 2.37 bits per heavy atom. The largest absolute Gasteiger partial charge is 0.455 e. The Hall–Kier alpha value is -2.12. The van der Waals surface area contributed by atoms with E-state index in [1.54, 1.807) is 6.92 Å². The first-order chi connectivity index (χ1) is 12.8. The molecule has 0 unspecified atom stereocenters. The van der Waals surface area contributed by atoms with Gasteiger partial charge in [-0.3, -0.25) is 4.79 Å². The summed E-state index contributed by atoms with van der Waals surface area (Å²) in [6.45, 7) is 6.65. The summed E-state index contributed by atoms with van der Waals surface area (Å²) in [5.41, 5.74) is 0.994. The lowest BCUT2D eigenvalue weighted by Crippen LogP contribution is -2.31. The molecule has 1 aliphatic rings. The molecule has 6 nitrogen and oxygen atoms in total. The third-order valence-electron chi connectivity index (χ3n) is 4.89. The van der Waals surface area contributed by atoms with Crippen molar-refractivity contribution in [2.24, 2.45) is 5.92 Å². The summed E-state index contributed by atoms with van der Waals surface area (Å²) in [5.74, 6) is 0.0171. The van der Waals surface area contributed by atoms with Gasteiger partial charge in [-0.1, -0.05) is 44.2 Å². The van der Waals surface area contributed by atoms with Gasteiger partial charge in [-0.25, -0.2) is 8.42 Å². The average Bonchev–Trinajstić information content (AvgIpc) is 3.30. The predicted molar refractivity (Wildman–Crippen MR) is 103 cm³/mol. The van der Waals surface area contributed by atoms with E-state index in [1.165, 1.54) is 10.4 Å². The van der Waals surface area contributed by atoms with E-state index in [4.69, 9.17) is 4.42 Å². The van der Waals surface area contributed by atoms with Crippen LogP contribution in [0, 0.1) is 12.8 Å². The van der Waals surface area contributed by atoms with Crippen molar-refractivity contribution in [3.63, 3.8) is 0 Å². The minimum Gasteiger partial charge on any atom is -0.455 e. The van der Waals surface area contributed by atoms with Crippen LogP contribution in [0.1, 0.15) is 54.6 Å². The molecular formula is C20H26N2O4S. The number of rotatable bonds is 6. The van der Waals surface area contributed by atoms with Crippen molar-refractivity contribution in [2.45, 2.75) is 44.6 Å². The summed E-state index contributed by atoms with van der Waals surface area (Å²) < 4.78 is 32.5. The number of nitrogens with one attached hydrogen (secondary N) is 1. The second-order valence-electron chi connectivity index (χ2n) is 7.25. The normalized spacial score (nSPS) is 16.6. The van der Waals surface area contributed by atoms with Crippen LogP contribution in [0.2, 0.25) is 0 Å². The van der Waals surface area contributed by atoms with E-state index in [2.05, 4.69) is 5.32 Å². The van der Waals surface area contributed by atoms with Gasteiger partial charge in [0.15, 0.2) is 5.76 Å². The number of carbonyl (C=O) groups is 1. The van der Waals surface area contributed by atoms with Gasteiger partial charge < -0.3 is 9.73 Å². The van der Waals surface area contributed by atoms with Crippen molar-refractivity contribution in [1.29, 1.82) is 0 Å². The number of nitrogens with zero attached hydrogens (tertiary/aromatic N) is 1. The summed E-state index contributed by atoms with van der Waals surface area (Å²) in [7, 11) is -3.62. The Bertz CT molecular complexity index is 897. The molecule has 27 heavy (non-hydrogen) atoms. The quantitative estimate of drug-likeness (QED) is 0.819. The number of benzene rings is 1. The number of hydrogen-bond acceptors (Lipinski definition) is 4. The topological polar surface area (TPSA) is 79.6 Å². The Balaban J connectivity index is 1.83. The predicted octanol–water partition coefficient (Wildman–Crippen LogP) is 3.50. The van der Waals surface area contributed by atoms with Crippen LogP contribution in [0.3, 0.4) is 0 Å². The second kappa shape index (κ2) is 7.86. The lowest BCUT2D eigenvalue weighted by Gasteiger charge is -2.22. The van der Waals surface area contributed by atoms with Crippen LogP contribution in [-0.4, -0.2) is 31.7 Å². The molecule has 2 heterocycles. The van der Waals surface area contributed by atoms with Gasteiger partial charge in [0.2, 0.25) is 10.0 Å². The van der Waals surface area contributed by atoms with Gasteiger partial charge in [-0.05, 0) is 31.2 Å². The maximum Gasteiger partial charge on any atom is 0.287 e. The van der Waals surface area contributed by atoms with Crippen molar-refractivity contribution >= 4 is 15.9 Å². The minimum absolute atomic E-state index is 0.0202. The lowest BCUT2D eigenvalue weighted by molar-refractivity contribution is 0.0896. The number of carbonyl (C=O) groups excluding carboxylic acids is 1. The van der Waals surface area contributed by atoms with Gasteiger partial charge >= 0.3 is 0 Å². The van der Waals surface area contributed by atoms with E-state index in [0.717, 1.165) is 18.4 Å². The van der Waals surface area contributed by atoms with E-state index in [0.29, 0.717) is 13.1 Å². The van der Waals surface area contributed by atoms with E-state index in [-0.39, 0.29) is 28.4 Å². The van der Waals surface area contributed by atoms with Crippen molar-refractivity contribution in [3.05, 3.63) is 53.5 Å². The molecule has 146 valence electrons. The molecule has 0 radical (unpaired) electrons. The third-order valence-corrected chi connectivity index (χ3v) is 6.90.